The summed E-state index contributed by atoms with van der Waals surface area (Å²) >= 11 is 0. The van der Waals surface area contributed by atoms with Crippen LogP contribution >= 0.6 is 15.6 Å². The van der Waals surface area contributed by atoms with Crippen molar-refractivity contribution in [1.82, 2.24) is 0 Å². The highest BCUT2D eigenvalue weighted by molar-refractivity contribution is 7.47. The van der Waals surface area contributed by atoms with Crippen molar-refractivity contribution in [3.63, 3.8) is 0 Å². The Morgan fingerprint density at radius 1 is 0.378 bits per heavy atom. The Kier molecular flexibility index (Phi) is 52.4. The zero-order valence-electron chi connectivity index (χ0n) is 52.4. The van der Waals surface area contributed by atoms with Gasteiger partial charge in [-0.1, -0.05) is 227 Å². The van der Waals surface area contributed by atoms with Gasteiger partial charge in [-0.25, -0.2) is 9.13 Å². The summed E-state index contributed by atoms with van der Waals surface area (Å²) in [6.45, 7) is 11.4. The third kappa shape index (κ3) is 56.7. The Labute approximate surface area is 497 Å². The van der Waals surface area contributed by atoms with E-state index in [4.69, 9.17) is 37.0 Å². The number of aliphatic hydroxyl groups is 1. The molecule has 0 saturated heterocycles. The highest BCUT2D eigenvalue weighted by Gasteiger charge is 2.30. The van der Waals surface area contributed by atoms with E-state index in [1.165, 1.54) is 64.2 Å². The Hall–Kier alpha value is -2.46. The fourth-order valence-electron chi connectivity index (χ4n) is 8.76. The standard InChI is InChI=1S/C63H118O17P2/c1-8-9-10-11-12-13-14-15-16-17-18-19-20-32-39-46-62(67)79-58(50-73-60(65)44-37-30-24-21-27-34-41-54(2)3)52-77-81(69,70)75-48-57(64)49-76-82(71,72)78-53-59(80-63(68)47-40-33-26-23-29-36-43-56(6)7)51-74-61(66)45-38-31-25-22-28-35-42-55(4)5/h13-16,54-59,64H,8-12,17-53H2,1-7H3,(H,69,70)(H,71,72)/b14-13-,16-15-/t57-,58-,59-/m1/s1. The van der Waals surface area contributed by atoms with Crippen molar-refractivity contribution >= 4 is 39.5 Å². The van der Waals surface area contributed by atoms with Crippen LogP contribution in [0, 0.1) is 17.8 Å². The molecular formula is C63H118O17P2. The maximum atomic E-state index is 12.9. The molecular weight excluding hydrogens is 1090 g/mol. The fraction of sp³-hybridized carbons (Fsp3) is 0.873. The van der Waals surface area contributed by atoms with Gasteiger partial charge in [0.2, 0.25) is 0 Å². The normalized spacial score (nSPS) is 14.6. The lowest BCUT2D eigenvalue weighted by Crippen LogP contribution is -2.30. The first kappa shape index (κ1) is 79.5. The summed E-state index contributed by atoms with van der Waals surface area (Å²) in [6.07, 6.45) is 37.6. The van der Waals surface area contributed by atoms with Gasteiger partial charge in [0.1, 0.15) is 19.3 Å². The summed E-state index contributed by atoms with van der Waals surface area (Å²) in [5, 5.41) is 10.5. The van der Waals surface area contributed by atoms with Gasteiger partial charge in [0.25, 0.3) is 0 Å². The second-order valence-electron chi connectivity index (χ2n) is 23.5. The minimum atomic E-state index is -4.95. The molecule has 2 unspecified atom stereocenters. The molecule has 0 aliphatic heterocycles. The molecule has 482 valence electrons. The van der Waals surface area contributed by atoms with Crippen molar-refractivity contribution in [3.05, 3.63) is 24.3 Å². The first-order valence-corrected chi connectivity index (χ1v) is 35.2. The third-order valence-electron chi connectivity index (χ3n) is 13.8. The molecule has 0 radical (unpaired) electrons. The van der Waals surface area contributed by atoms with Crippen LogP contribution in [0.3, 0.4) is 0 Å². The Balaban J connectivity index is 5.26. The molecule has 17 nitrogen and oxygen atoms in total. The number of hydrogen-bond donors (Lipinski definition) is 3. The zero-order chi connectivity index (χ0) is 61.0. The van der Waals surface area contributed by atoms with Crippen LogP contribution in [0.25, 0.3) is 0 Å². The van der Waals surface area contributed by atoms with Gasteiger partial charge >= 0.3 is 39.5 Å². The van der Waals surface area contributed by atoms with Crippen molar-refractivity contribution in [2.75, 3.05) is 39.6 Å². The van der Waals surface area contributed by atoms with E-state index in [-0.39, 0.29) is 25.7 Å². The molecule has 0 bridgehead atoms. The second-order valence-corrected chi connectivity index (χ2v) is 26.4. The van der Waals surface area contributed by atoms with Gasteiger partial charge in [0.05, 0.1) is 26.4 Å². The summed E-state index contributed by atoms with van der Waals surface area (Å²) in [5.41, 5.74) is 0. The van der Waals surface area contributed by atoms with Crippen LogP contribution < -0.4 is 0 Å². The maximum absolute atomic E-state index is 12.9. The van der Waals surface area contributed by atoms with Crippen LogP contribution in [0.2, 0.25) is 0 Å². The van der Waals surface area contributed by atoms with Crippen LogP contribution in [-0.2, 0) is 65.4 Å². The smallest absolute Gasteiger partial charge is 0.462 e. The average Bonchev–Trinajstić information content (AvgIpc) is 3.44. The number of unbranched alkanes of at least 4 members (excludes halogenated alkanes) is 24. The highest BCUT2D eigenvalue weighted by atomic mass is 31.2. The molecule has 0 fully saturated rings. The minimum Gasteiger partial charge on any atom is -0.462 e. The molecule has 0 saturated carbocycles. The van der Waals surface area contributed by atoms with Crippen molar-refractivity contribution in [1.29, 1.82) is 0 Å². The van der Waals surface area contributed by atoms with E-state index in [9.17, 15) is 43.2 Å². The molecule has 82 heavy (non-hydrogen) atoms. The van der Waals surface area contributed by atoms with Crippen molar-refractivity contribution in [2.45, 2.75) is 298 Å². The average molecular weight is 1210 g/mol. The van der Waals surface area contributed by atoms with Gasteiger partial charge in [-0.05, 0) is 69.1 Å². The number of rotatable bonds is 59. The van der Waals surface area contributed by atoms with Crippen molar-refractivity contribution < 1.29 is 80.2 Å². The molecule has 19 heteroatoms. The van der Waals surface area contributed by atoms with Crippen LogP contribution in [0.4, 0.5) is 0 Å². The second kappa shape index (κ2) is 54.0. The SMILES string of the molecule is CCCCCC/C=C\C=C/CCCCCCCC(=O)O[C@H](COC(=O)CCCCCCCCC(C)C)COP(=O)(O)OC[C@@H](O)COP(=O)(O)OC[C@@H](COC(=O)CCCCCCCCC(C)C)OC(=O)CCCCCCCCC(C)C. The summed E-state index contributed by atoms with van der Waals surface area (Å²) in [5.74, 6) is -0.155. The fourth-order valence-corrected chi connectivity index (χ4v) is 10.3. The Morgan fingerprint density at radius 2 is 0.659 bits per heavy atom. The predicted octanol–water partition coefficient (Wildman–Crippen LogP) is 16.7. The van der Waals surface area contributed by atoms with Gasteiger partial charge in [-0.15, -0.1) is 0 Å². The van der Waals surface area contributed by atoms with Gasteiger partial charge in [0, 0.05) is 25.7 Å². The number of phosphoric acid groups is 2. The molecule has 0 aliphatic rings. The van der Waals surface area contributed by atoms with Crippen LogP contribution in [0.1, 0.15) is 280 Å². The molecule has 0 spiro atoms. The van der Waals surface area contributed by atoms with Gasteiger partial charge in [0.15, 0.2) is 12.2 Å². The molecule has 3 N–H and O–H groups in total. The van der Waals surface area contributed by atoms with E-state index in [1.54, 1.807) is 0 Å². The summed E-state index contributed by atoms with van der Waals surface area (Å²) in [6, 6.07) is 0. The highest BCUT2D eigenvalue weighted by Crippen LogP contribution is 2.45. The monoisotopic (exact) mass is 1210 g/mol. The molecule has 0 aromatic rings. The number of phosphoric ester groups is 2. The first-order chi connectivity index (χ1) is 39.2. The molecule has 0 aromatic heterocycles. The molecule has 0 heterocycles. The van der Waals surface area contributed by atoms with E-state index in [0.717, 1.165) is 116 Å². The number of carbonyl (C=O) groups excluding carboxylic acids is 4. The summed E-state index contributed by atoms with van der Waals surface area (Å²) in [4.78, 5) is 72.0. The quantitative estimate of drug-likeness (QED) is 0.0169. The Morgan fingerprint density at radius 3 is 0.988 bits per heavy atom. The molecule has 0 amide bonds. The number of aliphatic hydroxyl groups excluding tert-OH is 1. The van der Waals surface area contributed by atoms with Crippen LogP contribution in [-0.4, -0.2) is 96.7 Å². The summed E-state index contributed by atoms with van der Waals surface area (Å²) < 4.78 is 67.8. The van der Waals surface area contributed by atoms with E-state index in [0.29, 0.717) is 43.4 Å². The van der Waals surface area contributed by atoms with E-state index < -0.39 is 97.5 Å². The van der Waals surface area contributed by atoms with Crippen LogP contribution in [0.5, 0.6) is 0 Å². The van der Waals surface area contributed by atoms with E-state index >= 15 is 0 Å². The lowest BCUT2D eigenvalue weighted by Gasteiger charge is -2.21. The number of ether oxygens (including phenoxy) is 4. The van der Waals surface area contributed by atoms with E-state index in [1.807, 2.05) is 0 Å². The molecule has 0 aliphatic carbocycles. The first-order valence-electron chi connectivity index (χ1n) is 32.2. The van der Waals surface area contributed by atoms with Gasteiger partial charge in [-0.3, -0.25) is 37.3 Å². The summed E-state index contributed by atoms with van der Waals surface area (Å²) in [7, 11) is -9.90. The van der Waals surface area contributed by atoms with Crippen molar-refractivity contribution in [2.24, 2.45) is 17.8 Å². The number of esters is 4. The Bertz CT molecular complexity index is 1720. The number of carbonyl (C=O) groups is 4. The largest absolute Gasteiger partial charge is 0.472 e. The number of allylic oxidation sites excluding steroid dienone is 4. The molecule has 0 aromatic carbocycles. The minimum absolute atomic E-state index is 0.0830. The number of hydrogen-bond acceptors (Lipinski definition) is 15. The lowest BCUT2D eigenvalue weighted by atomic mass is 10.0. The third-order valence-corrected chi connectivity index (χ3v) is 15.7. The molecule has 0 rings (SSSR count). The molecule has 5 atom stereocenters. The van der Waals surface area contributed by atoms with Gasteiger partial charge in [-0.2, -0.15) is 0 Å². The van der Waals surface area contributed by atoms with Crippen LogP contribution in [0.15, 0.2) is 24.3 Å². The predicted molar refractivity (Wildman–Crippen MR) is 326 cm³/mol. The maximum Gasteiger partial charge on any atom is 0.472 e. The lowest BCUT2D eigenvalue weighted by molar-refractivity contribution is -0.161. The van der Waals surface area contributed by atoms with E-state index in [2.05, 4.69) is 72.8 Å². The van der Waals surface area contributed by atoms with Gasteiger partial charge < -0.3 is 33.8 Å². The topological polar surface area (TPSA) is 237 Å². The zero-order valence-corrected chi connectivity index (χ0v) is 54.2. The van der Waals surface area contributed by atoms with Crippen molar-refractivity contribution in [3.8, 4) is 0 Å².